The minimum absolute atomic E-state index is 0.0163. The molecule has 0 aliphatic carbocycles. The van der Waals surface area contributed by atoms with Crippen LogP contribution in [0.4, 0.5) is 0 Å². The lowest BCUT2D eigenvalue weighted by atomic mass is 10.1. The summed E-state index contributed by atoms with van der Waals surface area (Å²) in [7, 11) is 2.15. The molecule has 0 unspecified atom stereocenters. The van der Waals surface area contributed by atoms with Gasteiger partial charge in [-0.05, 0) is 44.3 Å². The van der Waals surface area contributed by atoms with E-state index in [-0.39, 0.29) is 5.92 Å². The molecule has 1 aliphatic heterocycles. The Hall–Kier alpha value is -0.870. The number of hydrogen-bond donors (Lipinski definition) is 0. The van der Waals surface area contributed by atoms with Gasteiger partial charge in [0.15, 0.2) is 0 Å². The fourth-order valence-corrected chi connectivity index (χ4v) is 3.46. The van der Waals surface area contributed by atoms with Crippen molar-refractivity contribution < 1.29 is 4.79 Å². The SMILES string of the molecule is CCN(C)C[C@H]1CCN(C(=O)[C@H](C)c2cccs2)C1. The van der Waals surface area contributed by atoms with Crippen LogP contribution in [0.2, 0.25) is 0 Å². The zero-order valence-corrected chi connectivity index (χ0v) is 12.9. The molecule has 1 aromatic heterocycles. The molecule has 0 radical (unpaired) electrons. The van der Waals surface area contributed by atoms with Gasteiger partial charge in [-0.3, -0.25) is 4.79 Å². The molecule has 19 heavy (non-hydrogen) atoms. The van der Waals surface area contributed by atoms with Crippen LogP contribution in [0.1, 0.15) is 31.1 Å². The van der Waals surface area contributed by atoms with E-state index in [1.165, 1.54) is 4.88 Å². The van der Waals surface area contributed by atoms with Gasteiger partial charge >= 0.3 is 0 Å². The summed E-state index contributed by atoms with van der Waals surface area (Å²) >= 11 is 1.68. The van der Waals surface area contributed by atoms with Crippen molar-refractivity contribution in [3.05, 3.63) is 22.4 Å². The molecule has 0 N–H and O–H groups in total. The van der Waals surface area contributed by atoms with E-state index in [0.717, 1.165) is 32.6 Å². The molecule has 0 bridgehead atoms. The van der Waals surface area contributed by atoms with E-state index in [0.29, 0.717) is 11.8 Å². The topological polar surface area (TPSA) is 23.6 Å². The summed E-state index contributed by atoms with van der Waals surface area (Å²) in [6, 6.07) is 4.08. The number of carbonyl (C=O) groups is 1. The fraction of sp³-hybridized carbons (Fsp3) is 0.667. The molecule has 1 aromatic rings. The highest BCUT2D eigenvalue weighted by Gasteiger charge is 2.30. The maximum atomic E-state index is 12.5. The third kappa shape index (κ3) is 3.57. The van der Waals surface area contributed by atoms with Crippen LogP contribution in [0, 0.1) is 5.92 Å². The summed E-state index contributed by atoms with van der Waals surface area (Å²) in [6.07, 6.45) is 1.15. The van der Waals surface area contributed by atoms with Crippen molar-refractivity contribution in [1.29, 1.82) is 0 Å². The number of amides is 1. The summed E-state index contributed by atoms with van der Waals surface area (Å²) in [5.41, 5.74) is 0. The quantitative estimate of drug-likeness (QED) is 0.828. The van der Waals surface area contributed by atoms with Crippen LogP contribution in [0.3, 0.4) is 0 Å². The number of rotatable bonds is 5. The lowest BCUT2D eigenvalue weighted by Gasteiger charge is -2.22. The van der Waals surface area contributed by atoms with Gasteiger partial charge < -0.3 is 9.80 Å². The van der Waals surface area contributed by atoms with E-state index in [1.807, 2.05) is 18.4 Å². The van der Waals surface area contributed by atoms with Crippen LogP contribution < -0.4 is 0 Å². The Morgan fingerprint density at radius 2 is 2.42 bits per heavy atom. The Morgan fingerprint density at radius 1 is 1.63 bits per heavy atom. The summed E-state index contributed by atoms with van der Waals surface area (Å²) in [5, 5.41) is 2.04. The highest BCUT2D eigenvalue weighted by molar-refractivity contribution is 7.10. The second-order valence-electron chi connectivity index (χ2n) is 5.53. The minimum atomic E-state index is 0.0163. The zero-order chi connectivity index (χ0) is 13.8. The number of nitrogens with zero attached hydrogens (tertiary/aromatic N) is 2. The van der Waals surface area contributed by atoms with Gasteiger partial charge in [-0.15, -0.1) is 11.3 Å². The van der Waals surface area contributed by atoms with Crippen LogP contribution in [0.25, 0.3) is 0 Å². The van der Waals surface area contributed by atoms with Crippen molar-refractivity contribution in [3.63, 3.8) is 0 Å². The number of hydrogen-bond acceptors (Lipinski definition) is 3. The van der Waals surface area contributed by atoms with Gasteiger partial charge in [0.25, 0.3) is 0 Å². The largest absolute Gasteiger partial charge is 0.342 e. The normalized spacial score (nSPS) is 21.1. The summed E-state index contributed by atoms with van der Waals surface area (Å²) in [6.45, 7) is 8.25. The number of likely N-dealkylation sites (tertiary alicyclic amines) is 1. The smallest absolute Gasteiger partial charge is 0.230 e. The predicted molar refractivity (Wildman–Crippen MR) is 80.6 cm³/mol. The monoisotopic (exact) mass is 280 g/mol. The average Bonchev–Trinajstić information content (AvgIpc) is 3.07. The first-order chi connectivity index (χ1) is 9.11. The average molecular weight is 280 g/mol. The predicted octanol–water partition coefficient (Wildman–Crippen LogP) is 2.65. The first-order valence-electron chi connectivity index (χ1n) is 7.12. The molecule has 106 valence electrons. The van der Waals surface area contributed by atoms with Gasteiger partial charge in [0.1, 0.15) is 0 Å². The molecule has 0 spiro atoms. The molecule has 1 aliphatic rings. The molecule has 4 heteroatoms. The minimum Gasteiger partial charge on any atom is -0.342 e. The molecular weight excluding hydrogens is 256 g/mol. The number of thiophene rings is 1. The van der Waals surface area contributed by atoms with Crippen LogP contribution in [0.5, 0.6) is 0 Å². The van der Waals surface area contributed by atoms with E-state index >= 15 is 0 Å². The third-order valence-corrected chi connectivity index (χ3v) is 5.10. The van der Waals surface area contributed by atoms with Gasteiger partial charge in [-0.1, -0.05) is 13.0 Å². The molecule has 1 saturated heterocycles. The van der Waals surface area contributed by atoms with E-state index in [4.69, 9.17) is 0 Å². The molecule has 2 atom stereocenters. The summed E-state index contributed by atoms with van der Waals surface area (Å²) < 4.78 is 0. The Morgan fingerprint density at radius 3 is 3.05 bits per heavy atom. The Balaban J connectivity index is 1.88. The standard InChI is InChI=1S/C15H24N2OS/c1-4-16(3)10-13-7-8-17(11-13)15(18)12(2)14-6-5-9-19-14/h5-6,9,12-13H,4,7-8,10-11H2,1-3H3/t12-,13-/m1/s1. The van der Waals surface area contributed by atoms with Crippen molar-refractivity contribution in [2.24, 2.45) is 5.92 Å². The van der Waals surface area contributed by atoms with Gasteiger partial charge in [0, 0.05) is 24.5 Å². The second kappa shape index (κ2) is 6.53. The molecule has 2 rings (SSSR count). The van der Waals surface area contributed by atoms with Crippen LogP contribution in [-0.2, 0) is 4.79 Å². The molecule has 0 saturated carbocycles. The van der Waals surface area contributed by atoms with Crippen molar-refractivity contribution >= 4 is 17.2 Å². The first kappa shape index (κ1) is 14.5. The molecule has 2 heterocycles. The zero-order valence-electron chi connectivity index (χ0n) is 12.1. The Labute approximate surface area is 120 Å². The van der Waals surface area contributed by atoms with E-state index in [9.17, 15) is 4.79 Å². The highest BCUT2D eigenvalue weighted by Crippen LogP contribution is 2.26. The summed E-state index contributed by atoms with van der Waals surface area (Å²) in [5.74, 6) is 0.955. The summed E-state index contributed by atoms with van der Waals surface area (Å²) in [4.78, 5) is 18.0. The van der Waals surface area contributed by atoms with Crippen molar-refractivity contribution in [3.8, 4) is 0 Å². The molecule has 3 nitrogen and oxygen atoms in total. The van der Waals surface area contributed by atoms with Gasteiger partial charge in [-0.25, -0.2) is 0 Å². The maximum Gasteiger partial charge on any atom is 0.230 e. The lowest BCUT2D eigenvalue weighted by Crippen LogP contribution is -2.33. The molecule has 1 fully saturated rings. The van der Waals surface area contributed by atoms with E-state index in [1.54, 1.807) is 11.3 Å². The third-order valence-electron chi connectivity index (χ3n) is 4.05. The van der Waals surface area contributed by atoms with Gasteiger partial charge in [-0.2, -0.15) is 0 Å². The van der Waals surface area contributed by atoms with E-state index in [2.05, 4.69) is 29.8 Å². The van der Waals surface area contributed by atoms with Crippen LogP contribution in [0.15, 0.2) is 17.5 Å². The highest BCUT2D eigenvalue weighted by atomic mass is 32.1. The Bertz CT molecular complexity index is 404. The van der Waals surface area contributed by atoms with Gasteiger partial charge in [0.05, 0.1) is 5.92 Å². The van der Waals surface area contributed by atoms with Crippen LogP contribution >= 0.6 is 11.3 Å². The van der Waals surface area contributed by atoms with Crippen LogP contribution in [-0.4, -0.2) is 48.9 Å². The Kier molecular flexibility index (Phi) is 4.99. The molecule has 1 amide bonds. The first-order valence-corrected chi connectivity index (χ1v) is 8.00. The maximum absolute atomic E-state index is 12.5. The number of carbonyl (C=O) groups excluding carboxylic acids is 1. The molecule has 0 aromatic carbocycles. The van der Waals surface area contributed by atoms with Crippen molar-refractivity contribution in [1.82, 2.24) is 9.80 Å². The van der Waals surface area contributed by atoms with Gasteiger partial charge in [0.2, 0.25) is 5.91 Å². The molecular formula is C15H24N2OS. The van der Waals surface area contributed by atoms with Crippen molar-refractivity contribution in [2.75, 3.05) is 33.2 Å². The fourth-order valence-electron chi connectivity index (χ4n) is 2.68. The van der Waals surface area contributed by atoms with E-state index < -0.39 is 0 Å². The second-order valence-corrected chi connectivity index (χ2v) is 6.51. The van der Waals surface area contributed by atoms with Crippen molar-refractivity contribution in [2.45, 2.75) is 26.2 Å². The lowest BCUT2D eigenvalue weighted by molar-refractivity contribution is -0.131.